The molecule has 0 aliphatic heterocycles. The summed E-state index contributed by atoms with van der Waals surface area (Å²) in [7, 11) is 1.69. The number of ether oxygens (including phenoxy) is 1. The predicted molar refractivity (Wildman–Crippen MR) is 73.6 cm³/mol. The van der Waals surface area contributed by atoms with Crippen LogP contribution >= 0.6 is 0 Å². The highest BCUT2D eigenvalue weighted by molar-refractivity contribution is 5.41. The van der Waals surface area contributed by atoms with Crippen LogP contribution in [0.2, 0.25) is 0 Å². The van der Waals surface area contributed by atoms with Crippen LogP contribution in [0.4, 0.5) is 0 Å². The summed E-state index contributed by atoms with van der Waals surface area (Å²) in [6.45, 7) is 9.41. The van der Waals surface area contributed by atoms with Crippen molar-refractivity contribution in [3.8, 4) is 11.8 Å². The van der Waals surface area contributed by atoms with Crippen molar-refractivity contribution < 1.29 is 4.74 Å². The van der Waals surface area contributed by atoms with E-state index in [-0.39, 0.29) is 5.41 Å². The average Bonchev–Trinajstić information content (AvgIpc) is 2.33. The van der Waals surface area contributed by atoms with Crippen molar-refractivity contribution >= 4 is 0 Å². The third kappa shape index (κ3) is 3.75. The molecule has 0 atom stereocenters. The first-order valence-corrected chi connectivity index (χ1v) is 6.15. The molecule has 1 aromatic rings. The van der Waals surface area contributed by atoms with E-state index in [0.717, 1.165) is 17.9 Å². The normalized spacial score (nSPS) is 11.1. The van der Waals surface area contributed by atoms with Crippen molar-refractivity contribution in [1.29, 1.82) is 5.26 Å². The van der Waals surface area contributed by atoms with E-state index in [1.165, 1.54) is 11.1 Å². The molecule has 98 valence electrons. The zero-order chi connectivity index (χ0) is 13.8. The largest absolute Gasteiger partial charge is 0.496 e. The van der Waals surface area contributed by atoms with Gasteiger partial charge in [-0.05, 0) is 44.9 Å². The van der Waals surface area contributed by atoms with Crippen LogP contribution < -0.4 is 10.1 Å². The molecule has 0 radical (unpaired) electrons. The van der Waals surface area contributed by atoms with Crippen LogP contribution in [0, 0.1) is 30.6 Å². The fourth-order valence-electron chi connectivity index (χ4n) is 1.73. The van der Waals surface area contributed by atoms with Gasteiger partial charge in [0.25, 0.3) is 0 Å². The molecular weight excluding hydrogens is 224 g/mol. The number of rotatable bonds is 5. The molecule has 1 rings (SSSR count). The topological polar surface area (TPSA) is 45.0 Å². The molecule has 0 aliphatic carbocycles. The Morgan fingerprint density at radius 1 is 1.28 bits per heavy atom. The van der Waals surface area contributed by atoms with E-state index in [1.807, 2.05) is 13.8 Å². The van der Waals surface area contributed by atoms with Gasteiger partial charge in [0.15, 0.2) is 0 Å². The number of hydrogen-bond acceptors (Lipinski definition) is 3. The summed E-state index contributed by atoms with van der Waals surface area (Å²) in [6, 6.07) is 6.48. The predicted octanol–water partition coefficient (Wildman–Crippen LogP) is 2.95. The smallest absolute Gasteiger partial charge is 0.123 e. The molecule has 0 aliphatic rings. The number of hydrogen-bond donors (Lipinski definition) is 1. The lowest BCUT2D eigenvalue weighted by Gasteiger charge is -2.17. The van der Waals surface area contributed by atoms with E-state index in [2.05, 4.69) is 37.4 Å². The molecule has 0 aromatic heterocycles. The summed E-state index contributed by atoms with van der Waals surface area (Å²) in [5.41, 5.74) is 3.28. The van der Waals surface area contributed by atoms with Gasteiger partial charge in [0, 0.05) is 18.7 Å². The number of benzene rings is 1. The quantitative estimate of drug-likeness (QED) is 0.868. The number of nitrogens with one attached hydrogen (secondary N) is 1. The van der Waals surface area contributed by atoms with E-state index in [1.54, 1.807) is 7.11 Å². The lowest BCUT2D eigenvalue weighted by molar-refractivity contribution is 0.401. The summed E-state index contributed by atoms with van der Waals surface area (Å²) in [4.78, 5) is 0. The minimum atomic E-state index is -0.340. The Kier molecular flexibility index (Phi) is 4.75. The Morgan fingerprint density at radius 3 is 2.44 bits per heavy atom. The second kappa shape index (κ2) is 5.88. The van der Waals surface area contributed by atoms with Crippen LogP contribution in [0.15, 0.2) is 12.1 Å². The summed E-state index contributed by atoms with van der Waals surface area (Å²) in [5.74, 6) is 0.903. The van der Waals surface area contributed by atoms with Crippen LogP contribution in [-0.2, 0) is 6.54 Å². The fraction of sp³-hybridized carbons (Fsp3) is 0.533. The van der Waals surface area contributed by atoms with Gasteiger partial charge in [-0.3, -0.25) is 0 Å². The van der Waals surface area contributed by atoms with Gasteiger partial charge >= 0.3 is 0 Å². The van der Waals surface area contributed by atoms with E-state index in [4.69, 9.17) is 10.00 Å². The molecule has 3 heteroatoms. The minimum Gasteiger partial charge on any atom is -0.496 e. The molecule has 18 heavy (non-hydrogen) atoms. The lowest BCUT2D eigenvalue weighted by atomic mass is 9.96. The monoisotopic (exact) mass is 246 g/mol. The molecule has 0 bridgehead atoms. The van der Waals surface area contributed by atoms with Gasteiger partial charge in [0.05, 0.1) is 18.6 Å². The Morgan fingerprint density at radius 2 is 1.89 bits per heavy atom. The Hall–Kier alpha value is -1.53. The zero-order valence-corrected chi connectivity index (χ0v) is 11.9. The maximum absolute atomic E-state index is 8.96. The standard InChI is InChI=1S/C15H22N2O/c1-11-6-13(14(18-5)7-12(11)2)8-17-10-15(3,4)9-16/h6-7,17H,8,10H2,1-5H3. The van der Waals surface area contributed by atoms with E-state index < -0.39 is 0 Å². The van der Waals surface area contributed by atoms with Gasteiger partial charge in [-0.2, -0.15) is 5.26 Å². The maximum Gasteiger partial charge on any atom is 0.123 e. The molecule has 0 saturated heterocycles. The van der Waals surface area contributed by atoms with E-state index >= 15 is 0 Å². The van der Waals surface area contributed by atoms with Crippen LogP contribution in [0.5, 0.6) is 5.75 Å². The van der Waals surface area contributed by atoms with Gasteiger partial charge < -0.3 is 10.1 Å². The number of aryl methyl sites for hydroxylation is 2. The molecular formula is C15H22N2O. The van der Waals surface area contributed by atoms with Crippen molar-refractivity contribution in [2.24, 2.45) is 5.41 Å². The summed E-state index contributed by atoms with van der Waals surface area (Å²) >= 11 is 0. The van der Waals surface area contributed by atoms with Gasteiger partial charge in [-0.1, -0.05) is 6.07 Å². The van der Waals surface area contributed by atoms with Crippen LogP contribution in [0.1, 0.15) is 30.5 Å². The first-order chi connectivity index (χ1) is 8.39. The number of nitriles is 1. The SMILES string of the molecule is COc1cc(C)c(C)cc1CNCC(C)(C)C#N. The van der Waals surface area contributed by atoms with Crippen LogP contribution in [-0.4, -0.2) is 13.7 Å². The van der Waals surface area contributed by atoms with Crippen molar-refractivity contribution in [2.75, 3.05) is 13.7 Å². The van der Waals surface area contributed by atoms with Gasteiger partial charge in [-0.15, -0.1) is 0 Å². The number of methoxy groups -OCH3 is 1. The first-order valence-electron chi connectivity index (χ1n) is 6.15. The first kappa shape index (κ1) is 14.5. The van der Waals surface area contributed by atoms with Gasteiger partial charge in [0.2, 0.25) is 0 Å². The zero-order valence-electron chi connectivity index (χ0n) is 11.9. The van der Waals surface area contributed by atoms with Crippen molar-refractivity contribution in [1.82, 2.24) is 5.32 Å². The Bertz CT molecular complexity index is 458. The van der Waals surface area contributed by atoms with Crippen LogP contribution in [0.25, 0.3) is 0 Å². The maximum atomic E-state index is 8.96. The Balaban J connectivity index is 2.74. The third-order valence-corrected chi connectivity index (χ3v) is 3.08. The highest BCUT2D eigenvalue weighted by atomic mass is 16.5. The second-order valence-electron chi connectivity index (χ2n) is 5.35. The molecule has 1 N–H and O–H groups in total. The molecule has 1 aromatic carbocycles. The van der Waals surface area contributed by atoms with Crippen molar-refractivity contribution in [3.05, 3.63) is 28.8 Å². The van der Waals surface area contributed by atoms with Crippen molar-refractivity contribution in [3.63, 3.8) is 0 Å². The third-order valence-electron chi connectivity index (χ3n) is 3.08. The molecule has 0 amide bonds. The molecule has 0 spiro atoms. The highest BCUT2D eigenvalue weighted by Crippen LogP contribution is 2.23. The molecule has 0 fully saturated rings. The average molecular weight is 246 g/mol. The van der Waals surface area contributed by atoms with E-state index in [0.29, 0.717) is 6.54 Å². The summed E-state index contributed by atoms with van der Waals surface area (Å²) in [5, 5.41) is 12.3. The van der Waals surface area contributed by atoms with Crippen molar-refractivity contribution in [2.45, 2.75) is 34.2 Å². The van der Waals surface area contributed by atoms with Gasteiger partial charge in [0.1, 0.15) is 5.75 Å². The minimum absolute atomic E-state index is 0.340. The number of nitrogens with zero attached hydrogens (tertiary/aromatic N) is 1. The lowest BCUT2D eigenvalue weighted by Crippen LogP contribution is -2.27. The van der Waals surface area contributed by atoms with Crippen LogP contribution in [0.3, 0.4) is 0 Å². The summed E-state index contributed by atoms with van der Waals surface area (Å²) in [6.07, 6.45) is 0. The highest BCUT2D eigenvalue weighted by Gasteiger charge is 2.16. The Labute approximate surface area is 110 Å². The van der Waals surface area contributed by atoms with Gasteiger partial charge in [-0.25, -0.2) is 0 Å². The molecule has 0 saturated carbocycles. The second-order valence-corrected chi connectivity index (χ2v) is 5.35. The molecule has 0 unspecified atom stereocenters. The van der Waals surface area contributed by atoms with E-state index in [9.17, 15) is 0 Å². The fourth-order valence-corrected chi connectivity index (χ4v) is 1.73. The summed E-state index contributed by atoms with van der Waals surface area (Å²) < 4.78 is 5.39. The molecule has 3 nitrogen and oxygen atoms in total. The molecule has 0 heterocycles.